The standard InChI is InChI=1S/C16H14N3O4/c1-17-7-2-3-13(10-17)16(20)23-11-18-8-6-12-9-14(19(21)22)4-5-15(12)18/h2-10H,11H2,1H3/q+1. The molecule has 3 aromatic rings. The fourth-order valence-electron chi connectivity index (χ4n) is 2.33. The summed E-state index contributed by atoms with van der Waals surface area (Å²) in [5.74, 6) is -0.426. The highest BCUT2D eigenvalue weighted by molar-refractivity contribution is 5.88. The van der Waals surface area contributed by atoms with Crippen LogP contribution in [0.5, 0.6) is 0 Å². The van der Waals surface area contributed by atoms with Gasteiger partial charge in [0.15, 0.2) is 19.1 Å². The third-order valence-electron chi connectivity index (χ3n) is 3.48. The van der Waals surface area contributed by atoms with Gasteiger partial charge in [-0.15, -0.1) is 0 Å². The molecule has 2 heterocycles. The summed E-state index contributed by atoms with van der Waals surface area (Å²) in [5, 5.41) is 11.5. The number of benzene rings is 1. The summed E-state index contributed by atoms with van der Waals surface area (Å²) >= 11 is 0. The number of carbonyl (C=O) groups is 1. The first-order chi connectivity index (χ1) is 11.0. The quantitative estimate of drug-likeness (QED) is 0.320. The molecular weight excluding hydrogens is 298 g/mol. The van der Waals surface area contributed by atoms with Crippen molar-refractivity contribution in [1.82, 2.24) is 4.57 Å². The predicted octanol–water partition coefficient (Wildman–Crippen LogP) is 2.19. The van der Waals surface area contributed by atoms with Crippen molar-refractivity contribution < 1.29 is 19.0 Å². The van der Waals surface area contributed by atoms with Crippen LogP contribution in [0.3, 0.4) is 0 Å². The molecule has 0 spiro atoms. The van der Waals surface area contributed by atoms with Crippen molar-refractivity contribution >= 4 is 22.6 Å². The van der Waals surface area contributed by atoms with E-state index in [4.69, 9.17) is 4.74 Å². The van der Waals surface area contributed by atoms with Gasteiger partial charge in [-0.05, 0) is 18.2 Å². The van der Waals surface area contributed by atoms with Crippen LogP contribution in [0.15, 0.2) is 55.0 Å². The van der Waals surface area contributed by atoms with E-state index in [0.717, 1.165) is 10.9 Å². The molecule has 0 aliphatic heterocycles. The summed E-state index contributed by atoms with van der Waals surface area (Å²) in [6.45, 7) is 0.0404. The summed E-state index contributed by atoms with van der Waals surface area (Å²) in [4.78, 5) is 22.4. The summed E-state index contributed by atoms with van der Waals surface area (Å²) in [5.41, 5.74) is 1.26. The van der Waals surface area contributed by atoms with Crippen molar-refractivity contribution in [3.63, 3.8) is 0 Å². The van der Waals surface area contributed by atoms with Crippen LogP contribution in [0.2, 0.25) is 0 Å². The fraction of sp³-hybridized carbons (Fsp3) is 0.125. The summed E-state index contributed by atoms with van der Waals surface area (Å²) in [6, 6.07) is 9.76. The molecule has 0 N–H and O–H groups in total. The lowest BCUT2D eigenvalue weighted by Gasteiger charge is -2.07. The number of rotatable bonds is 4. The number of fused-ring (bicyclic) bond motifs is 1. The molecule has 23 heavy (non-hydrogen) atoms. The molecule has 0 amide bonds. The molecule has 0 aliphatic rings. The van der Waals surface area contributed by atoms with Gasteiger partial charge in [0.2, 0.25) is 0 Å². The van der Waals surface area contributed by atoms with Crippen LogP contribution < -0.4 is 4.57 Å². The molecule has 0 saturated heterocycles. The van der Waals surface area contributed by atoms with Gasteiger partial charge in [-0.1, -0.05) is 0 Å². The zero-order valence-electron chi connectivity index (χ0n) is 12.4. The van der Waals surface area contributed by atoms with E-state index in [0.29, 0.717) is 5.56 Å². The van der Waals surface area contributed by atoms with Crippen LogP contribution in [0.4, 0.5) is 5.69 Å². The Morgan fingerprint density at radius 3 is 2.91 bits per heavy atom. The molecule has 2 aromatic heterocycles. The number of nitrogens with zero attached hydrogens (tertiary/aromatic N) is 3. The molecule has 0 bridgehead atoms. The average Bonchev–Trinajstić information content (AvgIpc) is 2.94. The summed E-state index contributed by atoms with van der Waals surface area (Å²) < 4.78 is 8.78. The zero-order chi connectivity index (χ0) is 16.4. The smallest absolute Gasteiger partial charge is 0.345 e. The van der Waals surface area contributed by atoms with Crippen LogP contribution in [0, 0.1) is 10.1 Å². The Bertz CT molecular complexity index is 901. The molecule has 0 aliphatic carbocycles. The van der Waals surface area contributed by atoms with Gasteiger partial charge in [-0.25, -0.2) is 9.36 Å². The molecule has 0 unspecified atom stereocenters. The third-order valence-corrected chi connectivity index (χ3v) is 3.48. The number of ether oxygens (including phenoxy) is 1. The molecule has 0 radical (unpaired) electrons. The first kappa shape index (κ1) is 14.7. The lowest BCUT2D eigenvalue weighted by Crippen LogP contribution is -2.28. The van der Waals surface area contributed by atoms with Crippen molar-refractivity contribution in [2.24, 2.45) is 7.05 Å². The van der Waals surface area contributed by atoms with E-state index in [9.17, 15) is 14.9 Å². The lowest BCUT2D eigenvalue weighted by molar-refractivity contribution is -0.671. The molecule has 7 nitrogen and oxygen atoms in total. The van der Waals surface area contributed by atoms with E-state index in [-0.39, 0.29) is 12.4 Å². The van der Waals surface area contributed by atoms with E-state index in [2.05, 4.69) is 0 Å². The monoisotopic (exact) mass is 312 g/mol. The Kier molecular flexibility index (Phi) is 3.76. The molecule has 7 heteroatoms. The van der Waals surface area contributed by atoms with Crippen LogP contribution in [-0.2, 0) is 18.5 Å². The second-order valence-corrected chi connectivity index (χ2v) is 5.10. The molecule has 3 rings (SSSR count). The third kappa shape index (κ3) is 3.03. The first-order valence-electron chi connectivity index (χ1n) is 6.90. The highest BCUT2D eigenvalue weighted by Crippen LogP contribution is 2.22. The molecule has 0 saturated carbocycles. The van der Waals surface area contributed by atoms with Gasteiger partial charge in [-0.2, -0.15) is 0 Å². The number of pyridine rings is 1. The molecule has 0 fully saturated rings. The molecule has 1 aromatic carbocycles. The summed E-state index contributed by atoms with van der Waals surface area (Å²) in [7, 11) is 1.82. The fourth-order valence-corrected chi connectivity index (χ4v) is 2.33. The number of non-ortho nitro benzene ring substituents is 1. The maximum atomic E-state index is 12.0. The predicted molar refractivity (Wildman–Crippen MR) is 81.6 cm³/mol. The van der Waals surface area contributed by atoms with Gasteiger partial charge in [0.25, 0.3) is 5.69 Å². The van der Waals surface area contributed by atoms with Gasteiger partial charge in [0.05, 0.1) is 10.4 Å². The number of nitro benzene ring substituents is 1. The zero-order valence-corrected chi connectivity index (χ0v) is 12.4. The molecule has 0 atom stereocenters. The Hall–Kier alpha value is -3.22. The van der Waals surface area contributed by atoms with Crippen LogP contribution in [0.1, 0.15) is 10.4 Å². The molecular formula is C16H14N3O4+. The first-order valence-corrected chi connectivity index (χ1v) is 6.90. The maximum Gasteiger partial charge on any atom is 0.345 e. The van der Waals surface area contributed by atoms with Crippen LogP contribution in [-0.4, -0.2) is 15.5 Å². The van der Waals surface area contributed by atoms with Gasteiger partial charge >= 0.3 is 5.97 Å². The minimum Gasteiger partial charge on any atom is -0.440 e. The van der Waals surface area contributed by atoms with E-state index in [1.54, 1.807) is 45.8 Å². The minimum absolute atomic E-state index is 0.0315. The van der Waals surface area contributed by atoms with Crippen molar-refractivity contribution in [2.75, 3.05) is 0 Å². The van der Waals surface area contributed by atoms with Gasteiger partial charge in [0.1, 0.15) is 12.6 Å². The van der Waals surface area contributed by atoms with E-state index in [1.807, 2.05) is 13.2 Å². The number of aryl methyl sites for hydroxylation is 1. The number of carbonyl (C=O) groups excluding carboxylic acids is 1. The second-order valence-electron chi connectivity index (χ2n) is 5.10. The number of hydrogen-bond donors (Lipinski definition) is 0. The highest BCUT2D eigenvalue weighted by Gasteiger charge is 2.12. The molecule has 116 valence electrons. The Morgan fingerprint density at radius 1 is 1.35 bits per heavy atom. The van der Waals surface area contributed by atoms with Crippen LogP contribution >= 0.6 is 0 Å². The topological polar surface area (TPSA) is 78.2 Å². The number of esters is 1. The number of nitro groups is 1. The van der Waals surface area contributed by atoms with Crippen molar-refractivity contribution in [3.8, 4) is 0 Å². The number of aromatic nitrogens is 2. The van der Waals surface area contributed by atoms with Crippen molar-refractivity contribution in [3.05, 3.63) is 70.7 Å². The van der Waals surface area contributed by atoms with E-state index >= 15 is 0 Å². The Labute approximate surface area is 131 Å². The highest BCUT2D eigenvalue weighted by atomic mass is 16.6. The second kappa shape index (κ2) is 5.88. The van der Waals surface area contributed by atoms with Gasteiger partial charge in [0, 0.05) is 29.8 Å². The maximum absolute atomic E-state index is 12.0. The summed E-state index contributed by atoms with van der Waals surface area (Å²) in [6.07, 6.45) is 5.23. The van der Waals surface area contributed by atoms with E-state index in [1.165, 1.54) is 12.1 Å². The SMILES string of the molecule is C[n+]1cccc(C(=O)OCn2ccc3cc([N+](=O)[O-])ccc32)c1. The number of hydrogen-bond acceptors (Lipinski definition) is 4. The van der Waals surface area contributed by atoms with Crippen molar-refractivity contribution in [1.29, 1.82) is 0 Å². The van der Waals surface area contributed by atoms with Crippen LogP contribution in [0.25, 0.3) is 10.9 Å². The Balaban J connectivity index is 1.77. The van der Waals surface area contributed by atoms with Gasteiger partial charge < -0.3 is 9.30 Å². The normalized spacial score (nSPS) is 10.7. The average molecular weight is 312 g/mol. The van der Waals surface area contributed by atoms with Gasteiger partial charge in [-0.3, -0.25) is 10.1 Å². The largest absolute Gasteiger partial charge is 0.440 e. The van der Waals surface area contributed by atoms with E-state index < -0.39 is 10.9 Å². The lowest BCUT2D eigenvalue weighted by atomic mass is 10.2. The van der Waals surface area contributed by atoms with Crippen molar-refractivity contribution in [2.45, 2.75) is 6.73 Å². The Morgan fingerprint density at radius 2 is 2.17 bits per heavy atom. The minimum atomic E-state index is -0.438.